The highest BCUT2D eigenvalue weighted by molar-refractivity contribution is 7.93. The van der Waals surface area contributed by atoms with Gasteiger partial charge in [-0.25, -0.2) is 26.6 Å². The third-order valence-corrected chi connectivity index (χ3v) is 5.04. The molecule has 3 aromatic heterocycles. The molecule has 0 saturated carbocycles. The van der Waals surface area contributed by atoms with Crippen LogP contribution in [-0.2, 0) is 10.0 Å². The molecule has 0 aliphatic carbocycles. The maximum atomic E-state index is 13.6. The predicted molar refractivity (Wildman–Crippen MR) is 87.6 cm³/mol. The monoisotopic (exact) mass is 406 g/mol. The van der Waals surface area contributed by atoms with Gasteiger partial charge in [0, 0.05) is 17.6 Å². The Morgan fingerprint density at radius 3 is 2.69 bits per heavy atom. The van der Waals surface area contributed by atoms with Gasteiger partial charge in [0.2, 0.25) is 5.88 Å². The number of halogens is 4. The van der Waals surface area contributed by atoms with E-state index in [1.54, 1.807) is 0 Å². The van der Waals surface area contributed by atoms with E-state index in [0.717, 1.165) is 18.3 Å². The minimum Gasteiger partial charge on any atom is -0.479 e. The zero-order chi connectivity index (χ0) is 19.1. The molecule has 138 valence electrons. The van der Waals surface area contributed by atoms with Gasteiger partial charge in [0.25, 0.3) is 16.4 Å². The molecular formula is C14H10ClF3N4O3S. The molecule has 0 atom stereocenters. The van der Waals surface area contributed by atoms with Crippen LogP contribution >= 0.6 is 11.6 Å². The number of hydrogen-bond donors (Lipinski definition) is 2. The van der Waals surface area contributed by atoms with E-state index in [2.05, 4.69) is 19.7 Å². The number of alkyl halides is 2. The summed E-state index contributed by atoms with van der Waals surface area (Å²) in [6.07, 6.45) is -1.71. The third-order valence-electron chi connectivity index (χ3n) is 3.37. The van der Waals surface area contributed by atoms with E-state index in [-0.39, 0.29) is 27.5 Å². The van der Waals surface area contributed by atoms with Gasteiger partial charge in [0.05, 0.1) is 7.11 Å². The zero-order valence-corrected chi connectivity index (χ0v) is 14.5. The van der Waals surface area contributed by atoms with Crippen molar-refractivity contribution in [2.24, 2.45) is 0 Å². The molecule has 12 heteroatoms. The molecule has 0 aliphatic rings. The molecular weight excluding hydrogens is 397 g/mol. The van der Waals surface area contributed by atoms with Crippen molar-refractivity contribution in [1.29, 1.82) is 0 Å². The number of methoxy groups -OCH3 is 1. The largest absolute Gasteiger partial charge is 0.479 e. The molecule has 0 amide bonds. The average molecular weight is 407 g/mol. The Hall–Kier alpha value is -2.53. The second kappa shape index (κ2) is 6.65. The SMILES string of the molecule is COc1nc(Cl)c(F)cc1NS(=O)(=O)c1c[nH]c2nc(C(F)F)ccc12. The highest BCUT2D eigenvalue weighted by atomic mass is 35.5. The van der Waals surface area contributed by atoms with Gasteiger partial charge >= 0.3 is 0 Å². The summed E-state index contributed by atoms with van der Waals surface area (Å²) in [6.45, 7) is 0. The summed E-state index contributed by atoms with van der Waals surface area (Å²) < 4.78 is 71.3. The summed E-state index contributed by atoms with van der Waals surface area (Å²) in [6, 6.07) is 3.03. The van der Waals surface area contributed by atoms with Crippen LogP contribution in [0.1, 0.15) is 12.1 Å². The van der Waals surface area contributed by atoms with Crippen LogP contribution in [0.2, 0.25) is 5.15 Å². The van der Waals surface area contributed by atoms with E-state index in [9.17, 15) is 21.6 Å². The molecule has 0 unspecified atom stereocenters. The molecule has 0 radical (unpaired) electrons. The zero-order valence-electron chi connectivity index (χ0n) is 12.9. The van der Waals surface area contributed by atoms with Crippen molar-refractivity contribution >= 4 is 38.3 Å². The molecule has 0 aliphatic heterocycles. The van der Waals surface area contributed by atoms with Crippen molar-refractivity contribution in [2.45, 2.75) is 11.3 Å². The van der Waals surface area contributed by atoms with Gasteiger partial charge in [-0.2, -0.15) is 4.98 Å². The lowest BCUT2D eigenvalue weighted by atomic mass is 10.3. The molecule has 7 nitrogen and oxygen atoms in total. The van der Waals surface area contributed by atoms with Gasteiger partial charge in [0.1, 0.15) is 21.9 Å². The Labute approximate surface area is 150 Å². The van der Waals surface area contributed by atoms with Crippen LogP contribution in [0.3, 0.4) is 0 Å². The van der Waals surface area contributed by atoms with Crippen molar-refractivity contribution < 1.29 is 26.3 Å². The van der Waals surface area contributed by atoms with Crippen LogP contribution in [0.15, 0.2) is 29.3 Å². The summed E-state index contributed by atoms with van der Waals surface area (Å²) in [5.41, 5.74) is -0.807. The first-order valence-electron chi connectivity index (χ1n) is 6.92. The molecule has 0 aromatic carbocycles. The second-order valence-electron chi connectivity index (χ2n) is 5.01. The fraction of sp³-hybridized carbons (Fsp3) is 0.143. The van der Waals surface area contributed by atoms with E-state index in [1.807, 2.05) is 0 Å². The smallest absolute Gasteiger partial charge is 0.280 e. The van der Waals surface area contributed by atoms with Gasteiger partial charge < -0.3 is 9.72 Å². The van der Waals surface area contributed by atoms with Gasteiger partial charge in [-0.05, 0) is 12.1 Å². The molecule has 0 spiro atoms. The summed E-state index contributed by atoms with van der Waals surface area (Å²) in [4.78, 5) is 9.50. The highest BCUT2D eigenvalue weighted by Crippen LogP contribution is 2.31. The normalized spacial score (nSPS) is 11.9. The first-order valence-corrected chi connectivity index (χ1v) is 8.78. The number of aromatic nitrogens is 3. The first kappa shape index (κ1) is 18.3. The number of sulfonamides is 1. The predicted octanol–water partition coefficient (Wildman–Crippen LogP) is 3.50. The lowest BCUT2D eigenvalue weighted by Crippen LogP contribution is -2.14. The second-order valence-corrected chi connectivity index (χ2v) is 7.02. The number of fused-ring (bicyclic) bond motifs is 1. The van der Waals surface area contributed by atoms with Crippen LogP contribution in [-0.4, -0.2) is 30.5 Å². The molecule has 3 heterocycles. The van der Waals surface area contributed by atoms with Gasteiger partial charge in [-0.1, -0.05) is 11.6 Å². The Balaban J connectivity index is 2.04. The number of ether oxygens (including phenoxy) is 1. The number of pyridine rings is 2. The van der Waals surface area contributed by atoms with Crippen molar-refractivity contribution in [3.63, 3.8) is 0 Å². The maximum Gasteiger partial charge on any atom is 0.280 e. The van der Waals surface area contributed by atoms with E-state index in [1.165, 1.54) is 13.2 Å². The Kier molecular flexibility index (Phi) is 4.67. The van der Waals surface area contributed by atoms with Crippen LogP contribution in [0.4, 0.5) is 18.9 Å². The maximum absolute atomic E-state index is 13.6. The minimum atomic E-state index is -4.23. The molecule has 3 rings (SSSR count). The van der Waals surface area contributed by atoms with E-state index in [4.69, 9.17) is 16.3 Å². The molecule has 0 fully saturated rings. The number of H-pyrrole nitrogens is 1. The Morgan fingerprint density at radius 2 is 2.04 bits per heavy atom. The van der Waals surface area contributed by atoms with E-state index >= 15 is 0 Å². The lowest BCUT2D eigenvalue weighted by Gasteiger charge is -2.11. The van der Waals surface area contributed by atoms with Crippen molar-refractivity contribution in [3.05, 3.63) is 41.1 Å². The summed E-state index contributed by atoms with van der Waals surface area (Å²) in [5.74, 6) is -1.19. The molecule has 2 N–H and O–H groups in total. The van der Waals surface area contributed by atoms with Gasteiger partial charge in [0.15, 0.2) is 11.0 Å². The molecule has 0 bridgehead atoms. The van der Waals surface area contributed by atoms with Crippen molar-refractivity contribution in [3.8, 4) is 5.88 Å². The summed E-state index contributed by atoms with van der Waals surface area (Å²) >= 11 is 5.54. The molecule has 3 aromatic rings. The minimum absolute atomic E-state index is 0.0319. The van der Waals surface area contributed by atoms with E-state index < -0.39 is 33.1 Å². The van der Waals surface area contributed by atoms with Crippen LogP contribution in [0.25, 0.3) is 11.0 Å². The first-order chi connectivity index (χ1) is 12.2. The Bertz CT molecular complexity index is 1090. The van der Waals surface area contributed by atoms with Crippen molar-refractivity contribution in [2.75, 3.05) is 11.8 Å². The molecule has 0 saturated heterocycles. The topological polar surface area (TPSA) is 97.0 Å². The summed E-state index contributed by atoms with van der Waals surface area (Å²) in [5, 5.41) is -0.399. The Morgan fingerprint density at radius 1 is 1.31 bits per heavy atom. The number of nitrogens with one attached hydrogen (secondary N) is 2. The fourth-order valence-electron chi connectivity index (χ4n) is 2.22. The van der Waals surface area contributed by atoms with Gasteiger partial charge in [-0.3, -0.25) is 4.72 Å². The number of rotatable bonds is 5. The lowest BCUT2D eigenvalue weighted by molar-refractivity contribution is 0.146. The highest BCUT2D eigenvalue weighted by Gasteiger charge is 2.23. The molecule has 26 heavy (non-hydrogen) atoms. The van der Waals surface area contributed by atoms with Crippen LogP contribution in [0.5, 0.6) is 5.88 Å². The van der Waals surface area contributed by atoms with Gasteiger partial charge in [-0.15, -0.1) is 0 Å². The third kappa shape index (κ3) is 3.27. The number of hydrogen-bond acceptors (Lipinski definition) is 5. The fourth-order valence-corrected chi connectivity index (χ4v) is 3.56. The van der Waals surface area contributed by atoms with E-state index in [0.29, 0.717) is 0 Å². The van der Waals surface area contributed by atoms with Crippen LogP contribution in [0, 0.1) is 5.82 Å². The number of aromatic amines is 1. The number of nitrogens with zero attached hydrogens (tertiary/aromatic N) is 2. The quantitative estimate of drug-likeness (QED) is 0.632. The average Bonchev–Trinajstić information content (AvgIpc) is 3.01. The number of anilines is 1. The summed E-state index contributed by atoms with van der Waals surface area (Å²) in [7, 11) is -3.03. The van der Waals surface area contributed by atoms with Crippen LogP contribution < -0.4 is 9.46 Å². The van der Waals surface area contributed by atoms with Crippen molar-refractivity contribution in [1.82, 2.24) is 15.0 Å². The standard InChI is InChI=1S/C14H10ClF3N4O3S/c1-25-14-9(4-7(16)11(15)21-14)22-26(23,24)10-5-19-13-6(10)2-3-8(20-13)12(17)18/h2-5,12,22H,1H3,(H,19,20).